The van der Waals surface area contributed by atoms with Crippen molar-refractivity contribution in [3.8, 4) is 11.3 Å². The van der Waals surface area contributed by atoms with Gasteiger partial charge >= 0.3 is 0 Å². The van der Waals surface area contributed by atoms with E-state index in [1.807, 2.05) is 35.2 Å². The largest absolute Gasteiger partial charge is 0.370 e. The first-order valence-electron chi connectivity index (χ1n) is 9.03. The van der Waals surface area contributed by atoms with Gasteiger partial charge in [-0.1, -0.05) is 19.1 Å². The summed E-state index contributed by atoms with van der Waals surface area (Å²) < 4.78 is 0. The number of anilines is 2. The maximum absolute atomic E-state index is 12.6. The van der Waals surface area contributed by atoms with Crippen molar-refractivity contribution in [3.05, 3.63) is 35.9 Å². The quantitative estimate of drug-likeness (QED) is 0.853. The topological polar surface area (TPSA) is 87.4 Å². The molecule has 0 saturated carbocycles. The summed E-state index contributed by atoms with van der Waals surface area (Å²) in [6.45, 7) is 6.29. The second kappa shape index (κ2) is 8.14. The zero-order valence-electron chi connectivity index (χ0n) is 15.4. The van der Waals surface area contributed by atoms with E-state index in [4.69, 9.17) is 5.73 Å². The highest BCUT2D eigenvalue weighted by atomic mass is 16.2. The zero-order chi connectivity index (χ0) is 18.5. The normalized spacial score (nSPS) is 15.1. The molecule has 138 valence electrons. The Morgan fingerprint density at radius 3 is 2.50 bits per heavy atom. The fourth-order valence-electron chi connectivity index (χ4n) is 2.93. The first-order chi connectivity index (χ1) is 12.6. The van der Waals surface area contributed by atoms with Gasteiger partial charge in [0.25, 0.3) is 5.91 Å². The van der Waals surface area contributed by atoms with E-state index in [0.717, 1.165) is 50.4 Å². The van der Waals surface area contributed by atoms with Crippen LogP contribution in [0.3, 0.4) is 0 Å². The van der Waals surface area contributed by atoms with E-state index in [1.165, 1.54) is 0 Å². The molecule has 0 unspecified atom stereocenters. The smallest absolute Gasteiger partial charge is 0.253 e. The summed E-state index contributed by atoms with van der Waals surface area (Å²) in [7, 11) is 2.08. The van der Waals surface area contributed by atoms with Crippen LogP contribution in [0.4, 0.5) is 11.8 Å². The van der Waals surface area contributed by atoms with Crippen LogP contribution in [0, 0.1) is 0 Å². The number of nitrogen functional groups attached to an aromatic ring is 1. The number of rotatable bonds is 5. The van der Waals surface area contributed by atoms with Gasteiger partial charge in [0.15, 0.2) is 0 Å². The lowest BCUT2D eigenvalue weighted by molar-refractivity contribution is 0.0664. The third-order valence-electron chi connectivity index (χ3n) is 4.52. The minimum absolute atomic E-state index is 0.0807. The van der Waals surface area contributed by atoms with Gasteiger partial charge < -0.3 is 20.9 Å². The number of nitrogens with two attached hydrogens (primary N) is 1. The summed E-state index contributed by atoms with van der Waals surface area (Å²) in [5.41, 5.74) is 8.18. The number of nitrogens with zero attached hydrogens (tertiary/aromatic N) is 4. The Labute approximate surface area is 154 Å². The minimum Gasteiger partial charge on any atom is -0.370 e. The number of carbonyl (C=O) groups is 1. The van der Waals surface area contributed by atoms with E-state index in [1.54, 1.807) is 0 Å². The highest BCUT2D eigenvalue weighted by molar-refractivity contribution is 5.94. The number of aromatic nitrogens is 2. The molecular formula is C19H26N6O. The Bertz CT molecular complexity index is 753. The third-order valence-corrected chi connectivity index (χ3v) is 4.52. The lowest BCUT2D eigenvalue weighted by atomic mass is 10.1. The van der Waals surface area contributed by atoms with E-state index < -0.39 is 0 Å². The molecule has 1 aliphatic heterocycles. The van der Waals surface area contributed by atoms with Crippen LogP contribution < -0.4 is 11.1 Å². The van der Waals surface area contributed by atoms with Crippen molar-refractivity contribution in [2.24, 2.45) is 0 Å². The number of amides is 1. The van der Waals surface area contributed by atoms with Gasteiger partial charge in [0, 0.05) is 49.9 Å². The molecule has 3 rings (SSSR count). The molecule has 0 atom stereocenters. The van der Waals surface area contributed by atoms with Crippen molar-refractivity contribution in [1.29, 1.82) is 0 Å². The molecule has 2 heterocycles. The second-order valence-corrected chi connectivity index (χ2v) is 6.60. The lowest BCUT2D eigenvalue weighted by Crippen LogP contribution is -2.47. The van der Waals surface area contributed by atoms with Crippen LogP contribution in [0.25, 0.3) is 11.3 Å². The molecule has 1 amide bonds. The summed E-state index contributed by atoms with van der Waals surface area (Å²) >= 11 is 0. The van der Waals surface area contributed by atoms with Gasteiger partial charge in [0.1, 0.15) is 5.82 Å². The number of carbonyl (C=O) groups excluding carboxylic acids is 1. The minimum atomic E-state index is 0.0807. The first kappa shape index (κ1) is 18.1. The summed E-state index contributed by atoms with van der Waals surface area (Å²) in [4.78, 5) is 25.3. The molecule has 1 aliphatic rings. The monoisotopic (exact) mass is 354 g/mol. The van der Waals surface area contributed by atoms with Crippen LogP contribution in [0.2, 0.25) is 0 Å². The molecule has 7 heteroatoms. The molecule has 1 fully saturated rings. The van der Waals surface area contributed by atoms with Gasteiger partial charge in [0.05, 0.1) is 5.69 Å². The number of nitrogens with one attached hydrogen (secondary N) is 1. The second-order valence-electron chi connectivity index (χ2n) is 6.60. The van der Waals surface area contributed by atoms with Gasteiger partial charge in [-0.15, -0.1) is 0 Å². The van der Waals surface area contributed by atoms with Crippen molar-refractivity contribution in [3.63, 3.8) is 0 Å². The van der Waals surface area contributed by atoms with Crippen LogP contribution in [-0.2, 0) is 0 Å². The van der Waals surface area contributed by atoms with E-state index in [-0.39, 0.29) is 11.9 Å². The molecule has 0 spiro atoms. The maximum Gasteiger partial charge on any atom is 0.253 e. The Morgan fingerprint density at radius 1 is 1.15 bits per heavy atom. The van der Waals surface area contributed by atoms with Crippen LogP contribution in [0.1, 0.15) is 23.7 Å². The van der Waals surface area contributed by atoms with Gasteiger partial charge in [-0.25, -0.2) is 4.98 Å². The summed E-state index contributed by atoms with van der Waals surface area (Å²) in [6.07, 6.45) is 1.00. The van der Waals surface area contributed by atoms with E-state index >= 15 is 0 Å². The predicted molar refractivity (Wildman–Crippen MR) is 104 cm³/mol. The molecule has 1 aromatic carbocycles. The Kier molecular flexibility index (Phi) is 5.68. The molecule has 3 N–H and O–H groups in total. The van der Waals surface area contributed by atoms with E-state index in [0.29, 0.717) is 11.4 Å². The molecule has 0 radical (unpaired) electrons. The number of hydrogen-bond donors (Lipinski definition) is 2. The molecular weight excluding hydrogens is 328 g/mol. The van der Waals surface area contributed by atoms with Gasteiger partial charge in [-0.3, -0.25) is 4.79 Å². The van der Waals surface area contributed by atoms with Crippen molar-refractivity contribution < 1.29 is 4.79 Å². The average molecular weight is 354 g/mol. The first-order valence-corrected chi connectivity index (χ1v) is 9.03. The highest BCUT2D eigenvalue weighted by Crippen LogP contribution is 2.22. The maximum atomic E-state index is 12.6. The Morgan fingerprint density at radius 2 is 1.85 bits per heavy atom. The highest BCUT2D eigenvalue weighted by Gasteiger charge is 2.20. The van der Waals surface area contributed by atoms with Crippen molar-refractivity contribution in [2.45, 2.75) is 13.3 Å². The molecule has 1 saturated heterocycles. The zero-order valence-corrected chi connectivity index (χ0v) is 15.4. The molecule has 2 aromatic rings. The fourth-order valence-corrected chi connectivity index (χ4v) is 2.93. The van der Waals surface area contributed by atoms with Crippen LogP contribution >= 0.6 is 0 Å². The molecule has 26 heavy (non-hydrogen) atoms. The molecule has 1 aromatic heterocycles. The Balaban J connectivity index is 1.75. The summed E-state index contributed by atoms with van der Waals surface area (Å²) in [5, 5.41) is 3.23. The van der Waals surface area contributed by atoms with Gasteiger partial charge in [-0.05, 0) is 25.6 Å². The average Bonchev–Trinajstić information content (AvgIpc) is 2.66. The molecule has 0 aliphatic carbocycles. The summed E-state index contributed by atoms with van der Waals surface area (Å²) in [5.74, 6) is 1.03. The van der Waals surface area contributed by atoms with Crippen molar-refractivity contribution in [2.75, 3.05) is 50.8 Å². The number of hydrogen-bond acceptors (Lipinski definition) is 6. The van der Waals surface area contributed by atoms with Gasteiger partial charge in [0.2, 0.25) is 5.95 Å². The molecule has 7 nitrogen and oxygen atoms in total. The van der Waals surface area contributed by atoms with Crippen molar-refractivity contribution >= 4 is 17.7 Å². The lowest BCUT2D eigenvalue weighted by Gasteiger charge is -2.32. The number of benzene rings is 1. The van der Waals surface area contributed by atoms with Crippen LogP contribution in [0.5, 0.6) is 0 Å². The van der Waals surface area contributed by atoms with Crippen LogP contribution in [-0.4, -0.2) is 65.4 Å². The fraction of sp³-hybridized carbons (Fsp3) is 0.421. The molecule has 0 bridgehead atoms. The van der Waals surface area contributed by atoms with Crippen molar-refractivity contribution in [1.82, 2.24) is 19.8 Å². The number of likely N-dealkylation sites (N-methyl/N-ethyl adjacent to an activating group) is 1. The standard InChI is InChI=1S/C19H26N6O/c1-3-8-21-17-13-16(22-19(20)23-17)14-4-6-15(7-5-14)18(26)25-11-9-24(2)10-12-25/h4-7,13H,3,8-12H2,1-2H3,(H3,20,21,22,23). The van der Waals surface area contributed by atoms with E-state index in [2.05, 4.69) is 34.2 Å². The van der Waals surface area contributed by atoms with E-state index in [9.17, 15) is 4.79 Å². The summed E-state index contributed by atoms with van der Waals surface area (Å²) in [6, 6.07) is 9.41. The third kappa shape index (κ3) is 4.29. The predicted octanol–water partition coefficient (Wildman–Crippen LogP) is 1.94. The number of piperazine rings is 1. The Hall–Kier alpha value is -2.67. The van der Waals surface area contributed by atoms with Gasteiger partial charge in [-0.2, -0.15) is 4.98 Å². The van der Waals surface area contributed by atoms with Crippen LogP contribution in [0.15, 0.2) is 30.3 Å². The SMILES string of the molecule is CCCNc1cc(-c2ccc(C(=O)N3CCN(C)CC3)cc2)nc(N)n1.